The van der Waals surface area contributed by atoms with Crippen molar-refractivity contribution in [3.63, 3.8) is 0 Å². The molecule has 0 aliphatic heterocycles. The van der Waals surface area contributed by atoms with Crippen molar-refractivity contribution in [1.82, 2.24) is 0 Å². The average Bonchev–Trinajstić information content (AvgIpc) is 3.10. The summed E-state index contributed by atoms with van der Waals surface area (Å²) in [7, 11) is 0. The lowest BCUT2D eigenvalue weighted by Gasteiger charge is -1.95. The Hall–Kier alpha value is -3.05. The highest BCUT2D eigenvalue weighted by molar-refractivity contribution is 7.11. The van der Waals surface area contributed by atoms with E-state index >= 15 is 0 Å². The second-order valence-electron chi connectivity index (χ2n) is 6.71. The summed E-state index contributed by atoms with van der Waals surface area (Å²) in [5.74, 6) is -0.542. The Morgan fingerprint density at radius 2 is 1.90 bits per heavy atom. The third-order valence-electron chi connectivity index (χ3n) is 4.24. The maximum atomic E-state index is 12.6. The lowest BCUT2D eigenvalue weighted by Crippen LogP contribution is -2.17. The van der Waals surface area contributed by atoms with E-state index in [4.69, 9.17) is 0 Å². The molecule has 0 aliphatic rings. The predicted molar refractivity (Wildman–Crippen MR) is 128 cm³/mol. The molecule has 0 radical (unpaired) electrons. The van der Waals surface area contributed by atoms with E-state index in [9.17, 15) is 14.5 Å². The van der Waals surface area contributed by atoms with Crippen LogP contribution in [-0.4, -0.2) is 4.92 Å². The number of nitrogens with zero attached hydrogens (tertiary/aromatic N) is 1. The van der Waals surface area contributed by atoms with Gasteiger partial charge >= 0.3 is 0 Å². The van der Waals surface area contributed by atoms with Gasteiger partial charge in [-0.3, -0.25) is 10.1 Å². The molecule has 3 nitrogen and oxygen atoms in total. The minimum Gasteiger partial charge on any atom is -0.258 e. The summed E-state index contributed by atoms with van der Waals surface area (Å²) in [6.45, 7) is 20.0. The van der Waals surface area contributed by atoms with Crippen molar-refractivity contribution in [3.05, 3.63) is 103 Å². The van der Waals surface area contributed by atoms with Gasteiger partial charge in [0, 0.05) is 15.5 Å². The summed E-state index contributed by atoms with van der Waals surface area (Å²) < 4.78 is 13.9. The third kappa shape index (κ3) is 7.41. The predicted octanol–water partition coefficient (Wildman–Crippen LogP) is 6.48. The van der Waals surface area contributed by atoms with Gasteiger partial charge in [0.05, 0.1) is 11.0 Å². The van der Waals surface area contributed by atoms with Gasteiger partial charge in [-0.15, -0.1) is 11.3 Å². The van der Waals surface area contributed by atoms with E-state index in [0.29, 0.717) is 5.56 Å². The van der Waals surface area contributed by atoms with Gasteiger partial charge in [0.1, 0.15) is 5.82 Å². The van der Waals surface area contributed by atoms with Gasteiger partial charge in [0.25, 0.3) is 5.69 Å². The lowest BCUT2D eigenvalue weighted by molar-refractivity contribution is -0.385. The summed E-state index contributed by atoms with van der Waals surface area (Å²) in [6, 6.07) is 5.68. The molecule has 1 aromatic carbocycles. The molecule has 30 heavy (non-hydrogen) atoms. The van der Waals surface area contributed by atoms with Crippen molar-refractivity contribution < 1.29 is 9.31 Å². The monoisotopic (exact) mass is 425 g/mol. The molecule has 0 saturated heterocycles. The Balaban J connectivity index is 0.000000346. The van der Waals surface area contributed by atoms with Crippen molar-refractivity contribution in [2.24, 2.45) is 0 Å². The van der Waals surface area contributed by atoms with Gasteiger partial charge < -0.3 is 0 Å². The van der Waals surface area contributed by atoms with Crippen molar-refractivity contribution in [3.8, 4) is 0 Å². The number of non-ortho nitro benzene ring substituents is 1. The van der Waals surface area contributed by atoms with Crippen LogP contribution in [0.3, 0.4) is 0 Å². The lowest BCUT2D eigenvalue weighted by atomic mass is 10.1. The molecule has 2 aromatic rings. The molecule has 158 valence electrons. The molecule has 5 heteroatoms. The van der Waals surface area contributed by atoms with Crippen molar-refractivity contribution >= 4 is 34.7 Å². The Kier molecular flexibility index (Phi) is 9.85. The van der Waals surface area contributed by atoms with Crippen molar-refractivity contribution in [1.29, 1.82) is 0 Å². The summed E-state index contributed by atoms with van der Waals surface area (Å²) in [4.78, 5) is 10.7. The van der Waals surface area contributed by atoms with Gasteiger partial charge in [0.15, 0.2) is 0 Å². The number of hydrogen-bond donors (Lipinski definition) is 0. The fraction of sp³-hybridized carbons (Fsp3) is 0.200. The second-order valence-corrected chi connectivity index (χ2v) is 7.76. The Morgan fingerprint density at radius 3 is 2.43 bits per heavy atom. The van der Waals surface area contributed by atoms with E-state index in [2.05, 4.69) is 45.7 Å². The molecule has 1 heterocycles. The summed E-state index contributed by atoms with van der Waals surface area (Å²) in [5, 5.41) is 11.2. The van der Waals surface area contributed by atoms with Crippen LogP contribution in [0.4, 0.5) is 10.1 Å². The van der Waals surface area contributed by atoms with E-state index < -0.39 is 10.7 Å². The number of nitro benzene ring substituents is 1. The number of hydrogen-bond acceptors (Lipinski definition) is 3. The highest BCUT2D eigenvalue weighted by atomic mass is 32.1. The SMILES string of the molecule is C=C(/C=C\C(=C)c1cc(=C)/c(=C(C)\C=C/C)s1)CC.Cc1ccc([N+](=O)[O-])cc1F. The molecule has 0 spiro atoms. The van der Waals surface area contributed by atoms with Crippen molar-refractivity contribution in [2.45, 2.75) is 34.1 Å². The van der Waals surface area contributed by atoms with Crippen LogP contribution >= 0.6 is 11.3 Å². The first-order chi connectivity index (χ1) is 14.1. The Labute approximate surface area is 181 Å². The van der Waals surface area contributed by atoms with E-state index in [1.165, 1.54) is 27.1 Å². The van der Waals surface area contributed by atoms with Crippen molar-refractivity contribution in [2.75, 3.05) is 0 Å². The largest absolute Gasteiger partial charge is 0.272 e. The molecule has 0 fully saturated rings. The number of allylic oxidation sites excluding steroid dienone is 6. The Bertz CT molecular complexity index is 1110. The standard InChI is InChI=1S/C18H22S.C7H6FNO2/c1-7-9-15(5)18-16(6)12-17(19-18)14(4)11-10-13(3)8-2;1-5-2-3-6(9(10)11)4-7(5)8/h7,9-12H,3-4,6,8H2,1-2,5H3;2-4H,1H3/b9-7-,11-10-,18-15+;. The van der Waals surface area contributed by atoms with Crippen LogP contribution in [0.15, 0.2) is 67.3 Å². The van der Waals surface area contributed by atoms with Gasteiger partial charge in [-0.25, -0.2) is 4.39 Å². The molecule has 2 rings (SSSR count). The Morgan fingerprint density at radius 1 is 1.23 bits per heavy atom. The number of nitro groups is 1. The zero-order valence-corrected chi connectivity index (χ0v) is 18.8. The zero-order chi connectivity index (χ0) is 22.8. The molecule has 0 aliphatic carbocycles. The summed E-state index contributed by atoms with van der Waals surface area (Å²) in [5.41, 5.74) is 3.58. The first-order valence-corrected chi connectivity index (χ1v) is 10.3. The third-order valence-corrected chi connectivity index (χ3v) is 5.63. The normalized spacial score (nSPS) is 11.9. The van der Waals surface area contributed by atoms with Crippen LogP contribution in [0.2, 0.25) is 0 Å². The number of benzene rings is 1. The molecule has 0 saturated carbocycles. The highest BCUT2D eigenvalue weighted by Crippen LogP contribution is 2.17. The van der Waals surface area contributed by atoms with Crippen LogP contribution < -0.4 is 9.75 Å². The number of rotatable bonds is 6. The second kappa shape index (κ2) is 11.8. The first-order valence-electron chi connectivity index (χ1n) is 9.48. The fourth-order valence-corrected chi connectivity index (χ4v) is 3.40. The highest BCUT2D eigenvalue weighted by Gasteiger charge is 2.07. The summed E-state index contributed by atoms with van der Waals surface area (Å²) >= 11 is 1.74. The van der Waals surface area contributed by atoms with E-state index in [1.807, 2.05) is 25.2 Å². The number of aryl methyl sites for hydroxylation is 1. The molecule has 0 N–H and O–H groups in total. The van der Waals surface area contributed by atoms with Gasteiger partial charge in [-0.05, 0) is 61.3 Å². The van der Waals surface area contributed by atoms with Crippen LogP contribution in [0.25, 0.3) is 17.7 Å². The topological polar surface area (TPSA) is 43.1 Å². The van der Waals surface area contributed by atoms with Gasteiger partial charge in [-0.1, -0.05) is 56.5 Å². The first kappa shape index (κ1) is 25.0. The molecule has 1 aromatic heterocycles. The van der Waals surface area contributed by atoms with Gasteiger partial charge in [-0.2, -0.15) is 0 Å². The fourth-order valence-electron chi connectivity index (χ4n) is 2.36. The van der Waals surface area contributed by atoms with Crippen LogP contribution in [0.5, 0.6) is 0 Å². The quantitative estimate of drug-likeness (QED) is 0.302. The van der Waals surface area contributed by atoms with E-state index in [1.54, 1.807) is 18.3 Å². The molecule has 0 amide bonds. The van der Waals surface area contributed by atoms with Crippen LogP contribution in [-0.2, 0) is 0 Å². The molecule has 0 atom stereocenters. The maximum absolute atomic E-state index is 12.6. The molecular formula is C25H28FNO2S. The van der Waals surface area contributed by atoms with E-state index in [0.717, 1.165) is 28.9 Å². The number of thiophene rings is 1. The minimum atomic E-state index is -0.622. The van der Waals surface area contributed by atoms with Crippen LogP contribution in [0, 0.1) is 22.9 Å². The smallest absolute Gasteiger partial charge is 0.258 e. The number of halogens is 1. The molecule has 0 bridgehead atoms. The molecule has 0 unspecified atom stereocenters. The zero-order valence-electron chi connectivity index (χ0n) is 18.0. The molecular weight excluding hydrogens is 397 g/mol. The minimum absolute atomic E-state index is 0.215. The average molecular weight is 426 g/mol. The van der Waals surface area contributed by atoms with E-state index in [-0.39, 0.29) is 5.69 Å². The van der Waals surface area contributed by atoms with Gasteiger partial charge in [0.2, 0.25) is 0 Å². The summed E-state index contributed by atoms with van der Waals surface area (Å²) in [6.07, 6.45) is 9.20. The van der Waals surface area contributed by atoms with Crippen LogP contribution in [0.1, 0.15) is 37.6 Å². The maximum Gasteiger partial charge on any atom is 0.272 e.